The molecule has 3 aromatic rings. The first-order chi connectivity index (χ1) is 9.72. The average molecular weight is 328 g/mol. The minimum absolute atomic E-state index is 0.224. The van der Waals surface area contributed by atoms with Gasteiger partial charge in [0.05, 0.1) is 11.0 Å². The standard InChI is InChI=1S/C16H14BrN3/c1-11(12-3-2-4-13(17)9-12)20-14-5-6-15-16(10-14)19-8-7-18-15/h2-11,20H,1H3. The Kier molecular flexibility index (Phi) is 3.65. The van der Waals surface area contributed by atoms with E-state index in [9.17, 15) is 0 Å². The Labute approximate surface area is 126 Å². The van der Waals surface area contributed by atoms with Gasteiger partial charge in [0.1, 0.15) is 0 Å². The van der Waals surface area contributed by atoms with E-state index in [0.29, 0.717) is 0 Å². The molecule has 1 heterocycles. The number of anilines is 1. The van der Waals surface area contributed by atoms with Gasteiger partial charge < -0.3 is 5.32 Å². The molecule has 0 fully saturated rings. The smallest absolute Gasteiger partial charge is 0.0907 e. The predicted molar refractivity (Wildman–Crippen MR) is 85.7 cm³/mol. The summed E-state index contributed by atoms with van der Waals surface area (Å²) in [7, 11) is 0. The monoisotopic (exact) mass is 327 g/mol. The lowest BCUT2D eigenvalue weighted by Crippen LogP contribution is -2.06. The average Bonchev–Trinajstić information content (AvgIpc) is 2.47. The molecule has 1 aromatic heterocycles. The second kappa shape index (κ2) is 5.59. The van der Waals surface area contributed by atoms with Crippen molar-refractivity contribution < 1.29 is 0 Å². The molecule has 20 heavy (non-hydrogen) atoms. The molecule has 3 rings (SSSR count). The highest BCUT2D eigenvalue weighted by molar-refractivity contribution is 9.10. The summed E-state index contributed by atoms with van der Waals surface area (Å²) >= 11 is 3.50. The van der Waals surface area contributed by atoms with Gasteiger partial charge >= 0.3 is 0 Å². The van der Waals surface area contributed by atoms with E-state index in [0.717, 1.165) is 21.2 Å². The molecule has 0 spiro atoms. The third kappa shape index (κ3) is 2.80. The summed E-state index contributed by atoms with van der Waals surface area (Å²) in [4.78, 5) is 8.60. The first kappa shape index (κ1) is 13.1. The summed E-state index contributed by atoms with van der Waals surface area (Å²) in [6, 6.07) is 14.6. The van der Waals surface area contributed by atoms with Crippen LogP contribution in [0.25, 0.3) is 11.0 Å². The third-order valence-corrected chi connectivity index (χ3v) is 3.69. The van der Waals surface area contributed by atoms with Crippen LogP contribution >= 0.6 is 15.9 Å². The van der Waals surface area contributed by atoms with E-state index in [1.54, 1.807) is 12.4 Å². The highest BCUT2D eigenvalue weighted by Crippen LogP contribution is 2.23. The molecule has 1 atom stereocenters. The van der Waals surface area contributed by atoms with E-state index in [4.69, 9.17) is 0 Å². The normalized spacial score (nSPS) is 12.3. The lowest BCUT2D eigenvalue weighted by Gasteiger charge is -2.16. The maximum atomic E-state index is 4.33. The zero-order valence-corrected chi connectivity index (χ0v) is 12.6. The van der Waals surface area contributed by atoms with Gasteiger partial charge in [0, 0.05) is 28.6 Å². The molecule has 0 bridgehead atoms. The van der Waals surface area contributed by atoms with Crippen molar-refractivity contribution in [3.05, 3.63) is 64.9 Å². The maximum Gasteiger partial charge on any atom is 0.0907 e. The number of nitrogens with zero attached hydrogens (tertiary/aromatic N) is 2. The van der Waals surface area contributed by atoms with Crippen molar-refractivity contribution in [3.8, 4) is 0 Å². The highest BCUT2D eigenvalue weighted by Gasteiger charge is 2.06. The van der Waals surface area contributed by atoms with Crippen LogP contribution in [0.5, 0.6) is 0 Å². The number of halogens is 1. The van der Waals surface area contributed by atoms with Gasteiger partial charge in [-0.3, -0.25) is 9.97 Å². The van der Waals surface area contributed by atoms with Crippen molar-refractivity contribution in [2.75, 3.05) is 5.32 Å². The summed E-state index contributed by atoms with van der Waals surface area (Å²) < 4.78 is 1.09. The molecule has 0 saturated heterocycles. The number of hydrogen-bond acceptors (Lipinski definition) is 3. The Morgan fingerprint density at radius 3 is 2.60 bits per heavy atom. The molecule has 0 amide bonds. The van der Waals surface area contributed by atoms with Gasteiger partial charge in [0.2, 0.25) is 0 Å². The summed E-state index contributed by atoms with van der Waals surface area (Å²) in [6.45, 7) is 2.14. The molecule has 0 aliphatic rings. The Hall–Kier alpha value is -1.94. The van der Waals surface area contributed by atoms with Crippen molar-refractivity contribution in [2.24, 2.45) is 0 Å². The zero-order chi connectivity index (χ0) is 13.9. The SMILES string of the molecule is CC(Nc1ccc2nccnc2c1)c1cccc(Br)c1. The molecule has 1 N–H and O–H groups in total. The minimum atomic E-state index is 0.224. The van der Waals surface area contributed by atoms with Crippen LogP contribution in [0.2, 0.25) is 0 Å². The van der Waals surface area contributed by atoms with Crippen LogP contribution in [-0.4, -0.2) is 9.97 Å². The van der Waals surface area contributed by atoms with E-state index in [2.05, 4.69) is 50.3 Å². The number of hydrogen-bond donors (Lipinski definition) is 1. The van der Waals surface area contributed by atoms with E-state index in [1.165, 1.54) is 5.56 Å². The van der Waals surface area contributed by atoms with Gasteiger partial charge in [-0.1, -0.05) is 28.1 Å². The number of benzene rings is 2. The van der Waals surface area contributed by atoms with Crippen LogP contribution in [0.1, 0.15) is 18.5 Å². The minimum Gasteiger partial charge on any atom is -0.378 e. The van der Waals surface area contributed by atoms with Crippen molar-refractivity contribution in [1.82, 2.24) is 9.97 Å². The Morgan fingerprint density at radius 1 is 1.00 bits per heavy atom. The summed E-state index contributed by atoms with van der Waals surface area (Å²) in [6.07, 6.45) is 3.42. The molecular weight excluding hydrogens is 314 g/mol. The van der Waals surface area contributed by atoms with Crippen molar-refractivity contribution in [3.63, 3.8) is 0 Å². The fraction of sp³-hybridized carbons (Fsp3) is 0.125. The van der Waals surface area contributed by atoms with Crippen LogP contribution < -0.4 is 5.32 Å². The third-order valence-electron chi connectivity index (χ3n) is 3.20. The topological polar surface area (TPSA) is 37.8 Å². The van der Waals surface area contributed by atoms with Crippen LogP contribution in [0.4, 0.5) is 5.69 Å². The fourth-order valence-corrected chi connectivity index (χ4v) is 2.58. The molecule has 2 aromatic carbocycles. The van der Waals surface area contributed by atoms with E-state index in [1.807, 2.05) is 30.3 Å². The Balaban J connectivity index is 1.85. The number of rotatable bonds is 3. The summed E-state index contributed by atoms with van der Waals surface area (Å²) in [5.41, 5.74) is 4.09. The van der Waals surface area contributed by atoms with Gasteiger partial charge in [-0.2, -0.15) is 0 Å². The summed E-state index contributed by atoms with van der Waals surface area (Å²) in [5, 5.41) is 3.49. The van der Waals surface area contributed by atoms with Crippen molar-refractivity contribution in [1.29, 1.82) is 0 Å². The van der Waals surface area contributed by atoms with Gasteiger partial charge in [0.15, 0.2) is 0 Å². The molecule has 4 heteroatoms. The van der Waals surface area contributed by atoms with Crippen molar-refractivity contribution in [2.45, 2.75) is 13.0 Å². The zero-order valence-electron chi connectivity index (χ0n) is 11.0. The molecular formula is C16H14BrN3. The van der Waals surface area contributed by atoms with E-state index in [-0.39, 0.29) is 6.04 Å². The molecule has 0 saturated carbocycles. The predicted octanol–water partition coefficient (Wildman–Crippen LogP) is 4.57. The molecule has 3 nitrogen and oxygen atoms in total. The molecule has 0 aliphatic carbocycles. The van der Waals surface area contributed by atoms with Crippen LogP contribution in [-0.2, 0) is 0 Å². The highest BCUT2D eigenvalue weighted by atomic mass is 79.9. The van der Waals surface area contributed by atoms with Gasteiger partial charge in [-0.25, -0.2) is 0 Å². The van der Waals surface area contributed by atoms with E-state index >= 15 is 0 Å². The molecule has 100 valence electrons. The van der Waals surface area contributed by atoms with Crippen molar-refractivity contribution >= 4 is 32.7 Å². The Morgan fingerprint density at radius 2 is 1.80 bits per heavy atom. The molecule has 0 aliphatic heterocycles. The van der Waals surface area contributed by atoms with Gasteiger partial charge in [0.25, 0.3) is 0 Å². The fourth-order valence-electron chi connectivity index (χ4n) is 2.16. The quantitative estimate of drug-likeness (QED) is 0.765. The first-order valence-electron chi connectivity index (χ1n) is 6.45. The number of fused-ring (bicyclic) bond motifs is 1. The first-order valence-corrected chi connectivity index (χ1v) is 7.24. The molecule has 1 unspecified atom stereocenters. The second-order valence-corrected chi connectivity index (χ2v) is 5.60. The lowest BCUT2D eigenvalue weighted by molar-refractivity contribution is 0.884. The van der Waals surface area contributed by atoms with Gasteiger partial charge in [-0.05, 0) is 42.8 Å². The number of nitrogens with one attached hydrogen (secondary N) is 1. The Bertz CT molecular complexity index is 742. The van der Waals surface area contributed by atoms with E-state index < -0.39 is 0 Å². The van der Waals surface area contributed by atoms with Crippen LogP contribution in [0, 0.1) is 0 Å². The van der Waals surface area contributed by atoms with Crippen LogP contribution in [0.3, 0.4) is 0 Å². The van der Waals surface area contributed by atoms with Crippen LogP contribution in [0.15, 0.2) is 59.3 Å². The largest absolute Gasteiger partial charge is 0.378 e. The molecule has 0 radical (unpaired) electrons. The maximum absolute atomic E-state index is 4.33. The van der Waals surface area contributed by atoms with Gasteiger partial charge in [-0.15, -0.1) is 0 Å². The number of aromatic nitrogens is 2. The lowest BCUT2D eigenvalue weighted by atomic mass is 10.1. The summed E-state index contributed by atoms with van der Waals surface area (Å²) in [5.74, 6) is 0. The second-order valence-electron chi connectivity index (χ2n) is 4.68.